The normalized spacial score (nSPS) is 11.6. The largest absolute Gasteiger partial charge is 0.494 e. The Bertz CT molecular complexity index is 667. The van der Waals surface area contributed by atoms with E-state index in [1.54, 1.807) is 0 Å². The van der Waals surface area contributed by atoms with Gasteiger partial charge in [0.1, 0.15) is 11.5 Å². The zero-order valence-corrected chi connectivity index (χ0v) is 15.2. The number of nitrogens with one attached hydrogen (secondary N) is 1. The summed E-state index contributed by atoms with van der Waals surface area (Å²) < 4.78 is 11.5. The number of ether oxygens (including phenoxy) is 2. The van der Waals surface area contributed by atoms with Crippen LogP contribution in [0.2, 0.25) is 0 Å². The van der Waals surface area contributed by atoms with E-state index in [2.05, 4.69) is 12.2 Å². The van der Waals surface area contributed by atoms with Gasteiger partial charge in [-0.3, -0.25) is 4.79 Å². The third-order valence-corrected chi connectivity index (χ3v) is 3.82. The van der Waals surface area contributed by atoms with Gasteiger partial charge in [-0.25, -0.2) is 0 Å². The molecule has 1 amide bonds. The van der Waals surface area contributed by atoms with Crippen molar-refractivity contribution < 1.29 is 14.3 Å². The summed E-state index contributed by atoms with van der Waals surface area (Å²) in [6.45, 7) is 6.78. The van der Waals surface area contributed by atoms with Crippen molar-refractivity contribution >= 4 is 11.6 Å². The molecule has 0 saturated heterocycles. The van der Waals surface area contributed by atoms with Gasteiger partial charge in [0.2, 0.25) is 0 Å². The average Bonchev–Trinajstić information content (AvgIpc) is 2.61. The second kappa shape index (κ2) is 9.72. The van der Waals surface area contributed by atoms with Crippen molar-refractivity contribution in [2.45, 2.75) is 46.1 Å². The van der Waals surface area contributed by atoms with E-state index in [4.69, 9.17) is 9.47 Å². The number of aryl methyl sites for hydroxylation is 1. The van der Waals surface area contributed by atoms with Crippen LogP contribution in [0.15, 0.2) is 48.5 Å². The number of carbonyl (C=O) groups excluding carboxylic acids is 1. The summed E-state index contributed by atoms with van der Waals surface area (Å²) in [5.41, 5.74) is 1.84. The molecule has 0 spiro atoms. The van der Waals surface area contributed by atoms with Crippen LogP contribution in [-0.4, -0.2) is 18.6 Å². The van der Waals surface area contributed by atoms with E-state index in [1.807, 2.05) is 62.4 Å². The molecule has 134 valence electrons. The Balaban J connectivity index is 1.92. The highest BCUT2D eigenvalue weighted by molar-refractivity contribution is 5.94. The first-order valence-electron chi connectivity index (χ1n) is 8.89. The molecule has 0 aliphatic rings. The standard InChI is InChI=1S/C21H27NO3/c1-4-6-14-24-18-12-10-17(11-13-18)22-21(23)20(5-2)25-19-9-7-8-16(3)15-19/h7-13,15,20H,4-6,14H2,1-3H3,(H,22,23). The number of hydrogen-bond donors (Lipinski definition) is 1. The van der Waals surface area contributed by atoms with E-state index >= 15 is 0 Å². The van der Waals surface area contributed by atoms with E-state index in [-0.39, 0.29) is 5.91 Å². The first-order chi connectivity index (χ1) is 12.1. The molecule has 4 nitrogen and oxygen atoms in total. The minimum Gasteiger partial charge on any atom is -0.494 e. The highest BCUT2D eigenvalue weighted by Gasteiger charge is 2.18. The molecule has 0 radical (unpaired) electrons. The molecule has 2 aromatic carbocycles. The number of benzene rings is 2. The Hall–Kier alpha value is -2.49. The zero-order chi connectivity index (χ0) is 18.1. The summed E-state index contributed by atoms with van der Waals surface area (Å²) in [6.07, 6.45) is 2.21. The monoisotopic (exact) mass is 341 g/mol. The van der Waals surface area contributed by atoms with Crippen molar-refractivity contribution in [3.63, 3.8) is 0 Å². The van der Waals surface area contributed by atoms with Crippen LogP contribution in [-0.2, 0) is 4.79 Å². The first kappa shape index (κ1) is 18.8. The Labute approximate surface area is 150 Å². The van der Waals surface area contributed by atoms with Crippen molar-refractivity contribution in [1.82, 2.24) is 0 Å². The highest BCUT2D eigenvalue weighted by Crippen LogP contribution is 2.19. The van der Waals surface area contributed by atoms with Crippen LogP contribution in [0.3, 0.4) is 0 Å². The fourth-order valence-corrected chi connectivity index (χ4v) is 2.37. The average molecular weight is 341 g/mol. The van der Waals surface area contributed by atoms with Gasteiger partial charge in [-0.2, -0.15) is 0 Å². The topological polar surface area (TPSA) is 47.6 Å². The summed E-state index contributed by atoms with van der Waals surface area (Å²) in [6, 6.07) is 15.1. The van der Waals surface area contributed by atoms with Gasteiger partial charge in [-0.15, -0.1) is 0 Å². The third-order valence-electron chi connectivity index (χ3n) is 3.82. The van der Waals surface area contributed by atoms with Crippen LogP contribution in [0.1, 0.15) is 38.7 Å². The van der Waals surface area contributed by atoms with Crippen LogP contribution < -0.4 is 14.8 Å². The van der Waals surface area contributed by atoms with Gasteiger partial charge in [0.15, 0.2) is 6.10 Å². The molecule has 2 rings (SSSR count). The Morgan fingerprint density at radius 1 is 1.08 bits per heavy atom. The quantitative estimate of drug-likeness (QED) is 0.655. The summed E-state index contributed by atoms with van der Waals surface area (Å²) >= 11 is 0. The maximum atomic E-state index is 12.5. The fourth-order valence-electron chi connectivity index (χ4n) is 2.37. The maximum absolute atomic E-state index is 12.5. The minimum absolute atomic E-state index is 0.149. The molecule has 2 aromatic rings. The number of hydrogen-bond acceptors (Lipinski definition) is 3. The molecule has 25 heavy (non-hydrogen) atoms. The predicted molar refractivity (Wildman–Crippen MR) is 101 cm³/mol. The Morgan fingerprint density at radius 2 is 1.84 bits per heavy atom. The summed E-state index contributed by atoms with van der Waals surface area (Å²) in [5.74, 6) is 1.37. The van der Waals surface area contributed by atoms with E-state index in [1.165, 1.54) is 0 Å². The van der Waals surface area contributed by atoms with Crippen molar-refractivity contribution in [3.05, 3.63) is 54.1 Å². The lowest BCUT2D eigenvalue weighted by atomic mass is 10.2. The van der Waals surface area contributed by atoms with Gasteiger partial charge in [0.25, 0.3) is 5.91 Å². The maximum Gasteiger partial charge on any atom is 0.265 e. The number of amides is 1. The van der Waals surface area contributed by atoms with Crippen LogP contribution in [0.4, 0.5) is 5.69 Å². The third kappa shape index (κ3) is 6.14. The molecule has 0 aliphatic heterocycles. The van der Waals surface area contributed by atoms with Gasteiger partial charge in [0, 0.05) is 5.69 Å². The van der Waals surface area contributed by atoms with Gasteiger partial charge in [0.05, 0.1) is 6.61 Å². The lowest BCUT2D eigenvalue weighted by Crippen LogP contribution is -2.32. The fraction of sp³-hybridized carbons (Fsp3) is 0.381. The van der Waals surface area contributed by atoms with Crippen LogP contribution >= 0.6 is 0 Å². The van der Waals surface area contributed by atoms with E-state index in [0.29, 0.717) is 18.8 Å². The molecule has 4 heteroatoms. The van der Waals surface area contributed by atoms with Crippen molar-refractivity contribution in [2.24, 2.45) is 0 Å². The first-order valence-corrected chi connectivity index (χ1v) is 8.89. The predicted octanol–water partition coefficient (Wildman–Crippen LogP) is 4.97. The molecule has 1 N–H and O–H groups in total. The SMILES string of the molecule is CCCCOc1ccc(NC(=O)C(CC)Oc2cccc(C)c2)cc1. The van der Waals surface area contributed by atoms with Crippen LogP contribution in [0.25, 0.3) is 0 Å². The van der Waals surface area contributed by atoms with Crippen molar-refractivity contribution in [2.75, 3.05) is 11.9 Å². The van der Waals surface area contributed by atoms with E-state index < -0.39 is 6.10 Å². The molecule has 1 unspecified atom stereocenters. The second-order valence-electron chi connectivity index (χ2n) is 6.05. The lowest BCUT2D eigenvalue weighted by molar-refractivity contribution is -0.122. The number of anilines is 1. The molecule has 0 heterocycles. The molecule has 0 aromatic heterocycles. The number of carbonyl (C=O) groups is 1. The number of unbranched alkanes of at least 4 members (excludes halogenated alkanes) is 1. The minimum atomic E-state index is -0.526. The van der Waals surface area contributed by atoms with Crippen LogP contribution in [0.5, 0.6) is 11.5 Å². The summed E-state index contributed by atoms with van der Waals surface area (Å²) in [5, 5.41) is 2.90. The molecule has 1 atom stereocenters. The second-order valence-corrected chi connectivity index (χ2v) is 6.05. The van der Waals surface area contributed by atoms with Gasteiger partial charge >= 0.3 is 0 Å². The van der Waals surface area contributed by atoms with Gasteiger partial charge < -0.3 is 14.8 Å². The number of rotatable bonds is 9. The molecular formula is C21H27NO3. The summed E-state index contributed by atoms with van der Waals surface area (Å²) in [4.78, 5) is 12.5. The Morgan fingerprint density at radius 3 is 2.48 bits per heavy atom. The molecule has 0 fully saturated rings. The molecule has 0 bridgehead atoms. The van der Waals surface area contributed by atoms with Crippen LogP contribution in [0, 0.1) is 6.92 Å². The van der Waals surface area contributed by atoms with E-state index in [9.17, 15) is 4.79 Å². The van der Waals surface area contributed by atoms with E-state index in [0.717, 1.165) is 29.8 Å². The molecule has 0 aliphatic carbocycles. The van der Waals surface area contributed by atoms with Crippen molar-refractivity contribution in [1.29, 1.82) is 0 Å². The zero-order valence-electron chi connectivity index (χ0n) is 15.2. The highest BCUT2D eigenvalue weighted by atomic mass is 16.5. The van der Waals surface area contributed by atoms with Gasteiger partial charge in [-0.05, 0) is 61.7 Å². The lowest BCUT2D eigenvalue weighted by Gasteiger charge is -2.17. The van der Waals surface area contributed by atoms with Gasteiger partial charge in [-0.1, -0.05) is 32.4 Å². The molecule has 0 saturated carbocycles. The Kier molecular flexibility index (Phi) is 7.33. The smallest absolute Gasteiger partial charge is 0.265 e. The summed E-state index contributed by atoms with van der Waals surface area (Å²) in [7, 11) is 0. The van der Waals surface area contributed by atoms with Crippen molar-refractivity contribution in [3.8, 4) is 11.5 Å². The molecular weight excluding hydrogens is 314 g/mol.